The van der Waals surface area contributed by atoms with Crippen molar-refractivity contribution >= 4 is 17.1 Å². The largest absolute Gasteiger partial charge is 0.293 e. The van der Waals surface area contributed by atoms with Crippen molar-refractivity contribution in [3.63, 3.8) is 0 Å². The molecule has 2 aromatic rings. The summed E-state index contributed by atoms with van der Waals surface area (Å²) in [5, 5.41) is 0. The minimum Gasteiger partial charge on any atom is -0.293 e. The summed E-state index contributed by atoms with van der Waals surface area (Å²) in [5.41, 5.74) is 4.26. The van der Waals surface area contributed by atoms with Gasteiger partial charge in [-0.2, -0.15) is 0 Å². The van der Waals surface area contributed by atoms with E-state index in [1.54, 1.807) is 11.3 Å². The van der Waals surface area contributed by atoms with E-state index in [9.17, 15) is 4.79 Å². The van der Waals surface area contributed by atoms with E-state index in [2.05, 4.69) is 24.3 Å². The van der Waals surface area contributed by atoms with Gasteiger partial charge >= 0.3 is 0 Å². The van der Waals surface area contributed by atoms with E-state index in [1.165, 1.54) is 40.8 Å². The van der Waals surface area contributed by atoms with Crippen LogP contribution < -0.4 is 0 Å². The molecule has 0 amide bonds. The third-order valence-electron chi connectivity index (χ3n) is 3.74. The second kappa shape index (κ2) is 5.30. The number of carbonyl (C=O) groups excluding carboxylic acids is 1. The van der Waals surface area contributed by atoms with Crippen molar-refractivity contribution in [3.8, 4) is 10.4 Å². The standard InChI is InChI=1S/C17H18OS/c1-2-4-15(18)17-10-9-16(19-17)14-8-7-12-5-3-6-13(12)11-14/h7-11H,2-6H2,1H3. The van der Waals surface area contributed by atoms with Crippen LogP contribution in [-0.4, -0.2) is 5.78 Å². The lowest BCUT2D eigenvalue weighted by atomic mass is 10.1. The van der Waals surface area contributed by atoms with Crippen LogP contribution in [0.4, 0.5) is 0 Å². The van der Waals surface area contributed by atoms with E-state index in [4.69, 9.17) is 0 Å². The molecule has 0 N–H and O–H groups in total. The summed E-state index contributed by atoms with van der Waals surface area (Å²) in [6.07, 6.45) is 5.29. The molecule has 0 atom stereocenters. The van der Waals surface area contributed by atoms with Crippen molar-refractivity contribution in [3.05, 3.63) is 46.3 Å². The molecule has 3 rings (SSSR count). The van der Waals surface area contributed by atoms with Gasteiger partial charge in [0.15, 0.2) is 5.78 Å². The van der Waals surface area contributed by atoms with Crippen molar-refractivity contribution in [1.29, 1.82) is 0 Å². The molecule has 1 aromatic carbocycles. The molecule has 1 aromatic heterocycles. The van der Waals surface area contributed by atoms with Crippen LogP contribution in [0.1, 0.15) is 47.0 Å². The molecule has 1 aliphatic rings. The molecule has 19 heavy (non-hydrogen) atoms. The SMILES string of the molecule is CCCC(=O)c1ccc(-c2ccc3c(c2)CCC3)s1. The Morgan fingerprint density at radius 2 is 2.00 bits per heavy atom. The van der Waals surface area contributed by atoms with Crippen molar-refractivity contribution in [2.75, 3.05) is 0 Å². The van der Waals surface area contributed by atoms with Gasteiger partial charge in [-0.15, -0.1) is 11.3 Å². The first-order valence-corrected chi connectivity index (χ1v) is 7.85. The van der Waals surface area contributed by atoms with Gasteiger partial charge in [0.05, 0.1) is 4.88 Å². The second-order valence-electron chi connectivity index (χ2n) is 5.17. The first-order valence-electron chi connectivity index (χ1n) is 7.03. The number of aryl methyl sites for hydroxylation is 2. The molecule has 2 heteroatoms. The molecular formula is C17H18OS. The third kappa shape index (κ3) is 2.50. The number of fused-ring (bicyclic) bond motifs is 1. The molecule has 0 radical (unpaired) electrons. The van der Waals surface area contributed by atoms with Gasteiger partial charge in [-0.1, -0.05) is 25.1 Å². The highest BCUT2D eigenvalue weighted by atomic mass is 32.1. The van der Waals surface area contributed by atoms with E-state index >= 15 is 0 Å². The molecule has 0 fully saturated rings. The minimum absolute atomic E-state index is 0.278. The van der Waals surface area contributed by atoms with Gasteiger partial charge < -0.3 is 0 Å². The van der Waals surface area contributed by atoms with Crippen molar-refractivity contribution in [2.45, 2.75) is 39.0 Å². The maximum Gasteiger partial charge on any atom is 0.172 e. The first-order chi connectivity index (χ1) is 9.28. The number of ketones is 1. The quantitative estimate of drug-likeness (QED) is 0.723. The monoisotopic (exact) mass is 270 g/mol. The zero-order valence-corrected chi connectivity index (χ0v) is 12.1. The molecule has 0 saturated heterocycles. The third-order valence-corrected chi connectivity index (χ3v) is 4.92. The topological polar surface area (TPSA) is 17.1 Å². The Morgan fingerprint density at radius 3 is 2.84 bits per heavy atom. The maximum atomic E-state index is 11.9. The molecular weight excluding hydrogens is 252 g/mol. The van der Waals surface area contributed by atoms with Crippen LogP contribution in [-0.2, 0) is 12.8 Å². The predicted octanol–water partition coefficient (Wildman–Crippen LogP) is 4.89. The van der Waals surface area contributed by atoms with Crippen LogP contribution in [0.15, 0.2) is 30.3 Å². The van der Waals surface area contributed by atoms with Crippen molar-refractivity contribution in [1.82, 2.24) is 0 Å². The van der Waals surface area contributed by atoms with Crippen LogP contribution in [0.2, 0.25) is 0 Å². The Labute approximate surface area is 118 Å². The fourth-order valence-electron chi connectivity index (χ4n) is 2.72. The smallest absolute Gasteiger partial charge is 0.172 e. The summed E-state index contributed by atoms with van der Waals surface area (Å²) in [7, 11) is 0. The normalized spacial score (nSPS) is 13.5. The van der Waals surface area contributed by atoms with Crippen LogP contribution in [0.5, 0.6) is 0 Å². The van der Waals surface area contributed by atoms with Gasteiger partial charge in [0.1, 0.15) is 0 Å². The second-order valence-corrected chi connectivity index (χ2v) is 6.26. The number of Topliss-reactive ketones (excluding diaryl/α,β-unsaturated/α-hetero) is 1. The van der Waals surface area contributed by atoms with Gasteiger partial charge in [0.25, 0.3) is 0 Å². The molecule has 0 spiro atoms. The average molecular weight is 270 g/mol. The summed E-state index contributed by atoms with van der Waals surface area (Å²) in [5.74, 6) is 0.278. The molecule has 0 saturated carbocycles. The Hall–Kier alpha value is -1.41. The highest BCUT2D eigenvalue weighted by Crippen LogP contribution is 2.32. The summed E-state index contributed by atoms with van der Waals surface area (Å²) >= 11 is 1.63. The van der Waals surface area contributed by atoms with Crippen LogP contribution >= 0.6 is 11.3 Å². The number of benzene rings is 1. The van der Waals surface area contributed by atoms with Gasteiger partial charge in [-0.3, -0.25) is 4.79 Å². The van der Waals surface area contributed by atoms with Gasteiger partial charge in [-0.05, 0) is 54.5 Å². The van der Waals surface area contributed by atoms with Gasteiger partial charge in [0, 0.05) is 11.3 Å². The Balaban J connectivity index is 1.88. The van der Waals surface area contributed by atoms with Crippen LogP contribution in [0.3, 0.4) is 0 Å². The Bertz CT molecular complexity index is 609. The lowest BCUT2D eigenvalue weighted by molar-refractivity contribution is 0.0985. The zero-order valence-electron chi connectivity index (χ0n) is 11.2. The predicted molar refractivity (Wildman–Crippen MR) is 81.0 cm³/mol. The molecule has 1 aliphatic carbocycles. The Morgan fingerprint density at radius 1 is 1.16 bits per heavy atom. The van der Waals surface area contributed by atoms with E-state index in [0.717, 1.165) is 11.3 Å². The number of hydrogen-bond acceptors (Lipinski definition) is 2. The average Bonchev–Trinajstić information content (AvgIpc) is 3.07. The summed E-state index contributed by atoms with van der Waals surface area (Å²) in [6, 6.07) is 10.8. The van der Waals surface area contributed by atoms with Crippen molar-refractivity contribution < 1.29 is 4.79 Å². The fourth-order valence-corrected chi connectivity index (χ4v) is 3.69. The van der Waals surface area contributed by atoms with Gasteiger partial charge in [0.2, 0.25) is 0 Å². The molecule has 1 heterocycles. The number of hydrogen-bond donors (Lipinski definition) is 0. The molecule has 1 nitrogen and oxygen atoms in total. The fraction of sp³-hybridized carbons (Fsp3) is 0.353. The number of carbonyl (C=O) groups is 1. The van der Waals surface area contributed by atoms with Crippen LogP contribution in [0.25, 0.3) is 10.4 Å². The molecule has 0 bridgehead atoms. The van der Waals surface area contributed by atoms with Crippen molar-refractivity contribution in [2.24, 2.45) is 0 Å². The molecule has 0 aliphatic heterocycles. The summed E-state index contributed by atoms with van der Waals surface area (Å²) < 4.78 is 0. The van der Waals surface area contributed by atoms with E-state index in [0.29, 0.717) is 6.42 Å². The number of thiophene rings is 1. The molecule has 98 valence electrons. The summed E-state index contributed by atoms with van der Waals surface area (Å²) in [4.78, 5) is 14.0. The van der Waals surface area contributed by atoms with Gasteiger partial charge in [-0.25, -0.2) is 0 Å². The minimum atomic E-state index is 0.278. The number of rotatable bonds is 4. The maximum absolute atomic E-state index is 11.9. The zero-order chi connectivity index (χ0) is 13.2. The first kappa shape index (κ1) is 12.6. The highest BCUT2D eigenvalue weighted by molar-refractivity contribution is 7.17. The van der Waals surface area contributed by atoms with E-state index < -0.39 is 0 Å². The lowest BCUT2D eigenvalue weighted by Gasteiger charge is -2.02. The van der Waals surface area contributed by atoms with E-state index in [1.807, 2.05) is 13.0 Å². The Kier molecular flexibility index (Phi) is 3.52. The molecule has 0 unspecified atom stereocenters. The lowest BCUT2D eigenvalue weighted by Crippen LogP contribution is -1.93. The summed E-state index contributed by atoms with van der Waals surface area (Å²) in [6.45, 7) is 2.05. The highest BCUT2D eigenvalue weighted by Gasteiger charge is 2.13. The van der Waals surface area contributed by atoms with E-state index in [-0.39, 0.29) is 5.78 Å². The van der Waals surface area contributed by atoms with Crippen LogP contribution in [0, 0.1) is 0 Å².